The van der Waals surface area contributed by atoms with Crippen molar-refractivity contribution in [2.75, 3.05) is 6.26 Å². The van der Waals surface area contributed by atoms with E-state index >= 15 is 0 Å². The lowest BCUT2D eigenvalue weighted by molar-refractivity contribution is -0.120. The third kappa shape index (κ3) is 4.88. The van der Waals surface area contributed by atoms with Crippen LogP contribution in [0.15, 0.2) is 52.7 Å². The fraction of sp³-hybridized carbons (Fsp3) is 0.133. The number of hydrogen-bond acceptors (Lipinski definition) is 4. The Kier molecular flexibility index (Phi) is 5.78. The highest BCUT2D eigenvalue weighted by molar-refractivity contribution is 7.98. The van der Waals surface area contributed by atoms with Crippen LogP contribution in [-0.4, -0.2) is 23.4 Å². The molecule has 0 aliphatic heterocycles. The second-order valence-corrected chi connectivity index (χ2v) is 5.49. The van der Waals surface area contributed by atoms with Gasteiger partial charge in [-0.25, -0.2) is 5.43 Å². The van der Waals surface area contributed by atoms with E-state index in [9.17, 15) is 4.79 Å². The third-order valence-corrected chi connectivity index (χ3v) is 3.78. The lowest BCUT2D eigenvalue weighted by Gasteiger charge is -2.06. The number of carbonyl (C=O) groups is 1. The average molecular weight is 320 g/mol. The number of halogens is 1. The molecule has 1 heterocycles. The van der Waals surface area contributed by atoms with Crippen LogP contribution < -0.4 is 5.43 Å². The molecular weight excluding hydrogens is 306 g/mol. The maximum atomic E-state index is 11.9. The number of pyridine rings is 1. The summed E-state index contributed by atoms with van der Waals surface area (Å²) in [5.41, 5.74) is 4.28. The number of rotatable bonds is 5. The molecule has 2 rings (SSSR count). The first kappa shape index (κ1) is 15.5. The second-order valence-electron chi connectivity index (χ2n) is 4.21. The molecule has 0 aliphatic rings. The van der Waals surface area contributed by atoms with E-state index in [4.69, 9.17) is 11.6 Å². The van der Waals surface area contributed by atoms with Gasteiger partial charge in [-0.1, -0.05) is 11.6 Å². The van der Waals surface area contributed by atoms with Gasteiger partial charge >= 0.3 is 0 Å². The Bertz CT molecular complexity index is 647. The van der Waals surface area contributed by atoms with Gasteiger partial charge in [-0.3, -0.25) is 9.78 Å². The van der Waals surface area contributed by atoms with Gasteiger partial charge in [-0.15, -0.1) is 11.8 Å². The van der Waals surface area contributed by atoms with Crippen molar-refractivity contribution in [3.63, 3.8) is 0 Å². The molecule has 6 heteroatoms. The summed E-state index contributed by atoms with van der Waals surface area (Å²) in [5, 5.41) is 4.54. The summed E-state index contributed by atoms with van der Waals surface area (Å²) in [5.74, 6) is -0.183. The molecule has 108 valence electrons. The Morgan fingerprint density at radius 3 is 2.86 bits per heavy atom. The first-order valence-electron chi connectivity index (χ1n) is 6.23. The summed E-state index contributed by atoms with van der Waals surface area (Å²) >= 11 is 7.55. The van der Waals surface area contributed by atoms with Gasteiger partial charge in [0.1, 0.15) is 0 Å². The van der Waals surface area contributed by atoms with Crippen molar-refractivity contribution in [1.29, 1.82) is 0 Å². The standard InChI is InChI=1S/C15H14ClN3OS/c1-21-14-3-2-13(16)8-12(14)9-15(20)19-18-10-11-4-6-17-7-5-11/h2-8,10H,9H2,1H3,(H,19,20)/b18-10-. The summed E-state index contributed by atoms with van der Waals surface area (Å²) in [6.07, 6.45) is 7.11. The minimum Gasteiger partial charge on any atom is -0.273 e. The van der Waals surface area contributed by atoms with Gasteiger partial charge in [0.15, 0.2) is 0 Å². The Labute approximate surface area is 132 Å². The summed E-state index contributed by atoms with van der Waals surface area (Å²) < 4.78 is 0. The Hall–Kier alpha value is -1.85. The van der Waals surface area contributed by atoms with E-state index in [1.807, 2.05) is 18.4 Å². The Morgan fingerprint density at radius 1 is 1.38 bits per heavy atom. The van der Waals surface area contributed by atoms with Crippen LogP contribution in [-0.2, 0) is 11.2 Å². The fourth-order valence-corrected chi connectivity index (χ4v) is 2.52. The monoisotopic (exact) mass is 319 g/mol. The normalized spacial score (nSPS) is 10.8. The zero-order valence-corrected chi connectivity index (χ0v) is 13.0. The first-order valence-corrected chi connectivity index (χ1v) is 7.83. The van der Waals surface area contributed by atoms with Crippen molar-refractivity contribution in [3.8, 4) is 0 Å². The topological polar surface area (TPSA) is 54.4 Å². The first-order chi connectivity index (χ1) is 10.2. The molecule has 1 amide bonds. The zero-order chi connectivity index (χ0) is 15.1. The summed E-state index contributed by atoms with van der Waals surface area (Å²) in [6.45, 7) is 0. The number of nitrogens with one attached hydrogen (secondary N) is 1. The molecule has 0 spiro atoms. The van der Waals surface area contributed by atoms with Crippen LogP contribution in [0.2, 0.25) is 5.02 Å². The molecule has 2 aromatic rings. The van der Waals surface area contributed by atoms with Gasteiger partial charge in [0.2, 0.25) is 5.91 Å². The Balaban J connectivity index is 1.96. The zero-order valence-electron chi connectivity index (χ0n) is 11.4. The molecule has 0 aliphatic carbocycles. The lowest BCUT2D eigenvalue weighted by atomic mass is 10.1. The molecule has 0 saturated carbocycles. The van der Waals surface area contributed by atoms with E-state index in [2.05, 4.69) is 15.5 Å². The van der Waals surface area contributed by atoms with E-state index in [1.54, 1.807) is 48.6 Å². The van der Waals surface area contributed by atoms with E-state index in [0.29, 0.717) is 5.02 Å². The predicted molar refractivity (Wildman–Crippen MR) is 86.9 cm³/mol. The van der Waals surface area contributed by atoms with E-state index in [1.165, 1.54) is 0 Å². The smallest absolute Gasteiger partial charge is 0.244 e. The number of hydrogen-bond donors (Lipinski definition) is 1. The molecule has 0 unspecified atom stereocenters. The van der Waals surface area contributed by atoms with Crippen LogP contribution in [0.3, 0.4) is 0 Å². The van der Waals surface area contributed by atoms with Gasteiger partial charge in [-0.2, -0.15) is 5.10 Å². The molecular formula is C15H14ClN3OS. The molecule has 0 atom stereocenters. The van der Waals surface area contributed by atoms with Gasteiger partial charge in [0.05, 0.1) is 12.6 Å². The quantitative estimate of drug-likeness (QED) is 0.523. The molecule has 4 nitrogen and oxygen atoms in total. The lowest BCUT2D eigenvalue weighted by Crippen LogP contribution is -2.20. The minimum atomic E-state index is -0.183. The predicted octanol–water partition coefficient (Wildman–Crippen LogP) is 3.15. The largest absolute Gasteiger partial charge is 0.273 e. The fourth-order valence-electron chi connectivity index (χ4n) is 1.73. The molecule has 1 N–H and O–H groups in total. The number of benzene rings is 1. The molecule has 0 saturated heterocycles. The molecule has 0 radical (unpaired) electrons. The van der Waals surface area contributed by atoms with Gasteiger partial charge < -0.3 is 0 Å². The molecule has 1 aromatic carbocycles. The van der Waals surface area contributed by atoms with Crippen LogP contribution in [0.5, 0.6) is 0 Å². The SMILES string of the molecule is CSc1ccc(Cl)cc1CC(=O)N/N=C\c1ccncc1. The van der Waals surface area contributed by atoms with Crippen LogP contribution in [0, 0.1) is 0 Å². The number of amides is 1. The molecule has 1 aromatic heterocycles. The van der Waals surface area contributed by atoms with Crippen molar-refractivity contribution in [2.45, 2.75) is 11.3 Å². The number of nitrogens with zero attached hydrogens (tertiary/aromatic N) is 2. The highest BCUT2D eigenvalue weighted by atomic mass is 35.5. The third-order valence-electron chi connectivity index (χ3n) is 2.70. The number of thioether (sulfide) groups is 1. The maximum absolute atomic E-state index is 11.9. The van der Waals surface area contributed by atoms with E-state index in [-0.39, 0.29) is 12.3 Å². The van der Waals surface area contributed by atoms with E-state index < -0.39 is 0 Å². The van der Waals surface area contributed by atoms with Gasteiger partial charge in [-0.05, 0) is 47.7 Å². The van der Waals surface area contributed by atoms with E-state index in [0.717, 1.165) is 16.0 Å². The number of carbonyl (C=O) groups excluding carboxylic acids is 1. The Morgan fingerprint density at radius 2 is 2.14 bits per heavy atom. The van der Waals surface area contributed by atoms with Crippen molar-refractivity contribution in [3.05, 3.63) is 58.9 Å². The van der Waals surface area contributed by atoms with Crippen molar-refractivity contribution < 1.29 is 4.79 Å². The number of hydrazone groups is 1. The number of aromatic nitrogens is 1. The van der Waals surface area contributed by atoms with Gasteiger partial charge in [0.25, 0.3) is 0 Å². The molecule has 0 fully saturated rings. The maximum Gasteiger partial charge on any atom is 0.244 e. The summed E-state index contributed by atoms with van der Waals surface area (Å²) in [4.78, 5) is 16.8. The highest BCUT2D eigenvalue weighted by Gasteiger charge is 2.07. The van der Waals surface area contributed by atoms with Crippen LogP contribution in [0.1, 0.15) is 11.1 Å². The van der Waals surface area contributed by atoms with Crippen LogP contribution in [0.25, 0.3) is 0 Å². The average Bonchev–Trinajstić information content (AvgIpc) is 2.48. The van der Waals surface area contributed by atoms with Crippen LogP contribution >= 0.6 is 23.4 Å². The molecule has 21 heavy (non-hydrogen) atoms. The van der Waals surface area contributed by atoms with Crippen LogP contribution in [0.4, 0.5) is 0 Å². The summed E-state index contributed by atoms with van der Waals surface area (Å²) in [6, 6.07) is 9.14. The van der Waals surface area contributed by atoms with Crippen molar-refractivity contribution in [2.24, 2.45) is 5.10 Å². The van der Waals surface area contributed by atoms with Crippen molar-refractivity contribution in [1.82, 2.24) is 10.4 Å². The van der Waals surface area contributed by atoms with Gasteiger partial charge in [0, 0.05) is 22.3 Å². The summed E-state index contributed by atoms with van der Waals surface area (Å²) in [7, 11) is 0. The van der Waals surface area contributed by atoms with Crippen molar-refractivity contribution >= 4 is 35.5 Å². The second kappa shape index (κ2) is 7.81. The minimum absolute atomic E-state index is 0.183. The highest BCUT2D eigenvalue weighted by Crippen LogP contribution is 2.24. The molecule has 0 bridgehead atoms.